The Balaban J connectivity index is 2.54. The molecule has 0 fully saturated rings. The molecule has 0 bridgehead atoms. The summed E-state index contributed by atoms with van der Waals surface area (Å²) in [7, 11) is 0. The molecular formula is C4H9N3. The van der Waals surface area contributed by atoms with Gasteiger partial charge in [0.15, 0.2) is 0 Å². The highest BCUT2D eigenvalue weighted by Gasteiger charge is 2.08. The molecule has 3 nitrogen and oxygen atoms in total. The second-order valence-corrected chi connectivity index (χ2v) is 1.73. The molecule has 1 aliphatic rings. The average molecular weight is 99.1 g/mol. The van der Waals surface area contributed by atoms with Crippen molar-refractivity contribution in [3.8, 4) is 0 Å². The van der Waals surface area contributed by atoms with Crippen LogP contribution in [0, 0.1) is 0 Å². The molecule has 0 saturated heterocycles. The molecular weight excluding hydrogens is 90.1 g/mol. The van der Waals surface area contributed by atoms with Crippen molar-refractivity contribution in [1.29, 1.82) is 0 Å². The highest BCUT2D eigenvalue weighted by atomic mass is 15.6. The van der Waals surface area contributed by atoms with Gasteiger partial charge in [0.2, 0.25) is 0 Å². The van der Waals surface area contributed by atoms with Gasteiger partial charge in [-0.15, -0.1) is 0 Å². The first-order valence-electron chi connectivity index (χ1n) is 2.35. The van der Waals surface area contributed by atoms with Gasteiger partial charge in [0.25, 0.3) is 0 Å². The van der Waals surface area contributed by atoms with E-state index in [1.165, 1.54) is 0 Å². The minimum atomic E-state index is 0.403. The number of hydrogen-bond donors (Lipinski definition) is 2. The lowest BCUT2D eigenvalue weighted by atomic mass is 10.2. The summed E-state index contributed by atoms with van der Waals surface area (Å²) in [5.41, 5.74) is 6.69. The summed E-state index contributed by atoms with van der Waals surface area (Å²) in [6.07, 6.45) is 0. The lowest BCUT2D eigenvalue weighted by molar-refractivity contribution is 0.584. The first-order valence-corrected chi connectivity index (χ1v) is 2.35. The van der Waals surface area contributed by atoms with Crippen LogP contribution in [0.5, 0.6) is 0 Å². The van der Waals surface area contributed by atoms with Crippen LogP contribution in [0.3, 0.4) is 0 Å². The fourth-order valence-corrected chi connectivity index (χ4v) is 0.419. The Morgan fingerprint density at radius 1 is 1.71 bits per heavy atom. The van der Waals surface area contributed by atoms with Crippen molar-refractivity contribution in [2.75, 3.05) is 0 Å². The Morgan fingerprint density at radius 3 is 2.57 bits per heavy atom. The van der Waals surface area contributed by atoms with E-state index in [1.54, 1.807) is 0 Å². The molecule has 1 heterocycles. The number of hydrogen-bond acceptors (Lipinski definition) is 3. The fraction of sp³-hybridized carbons (Fsp3) is 0.750. The van der Waals surface area contributed by atoms with Crippen LogP contribution in [-0.4, -0.2) is 11.8 Å². The quantitative estimate of drug-likeness (QED) is 0.443. The van der Waals surface area contributed by atoms with E-state index in [2.05, 4.69) is 23.0 Å². The Labute approximate surface area is 42.8 Å². The molecule has 0 aromatic rings. The molecule has 7 heavy (non-hydrogen) atoms. The lowest BCUT2D eigenvalue weighted by Crippen LogP contribution is -2.30. The van der Waals surface area contributed by atoms with Crippen LogP contribution in [0.1, 0.15) is 13.8 Å². The molecule has 1 atom stereocenters. The average Bonchev–Trinajstić information content (AvgIpc) is 1.91. The van der Waals surface area contributed by atoms with Crippen LogP contribution in [0.2, 0.25) is 0 Å². The summed E-state index contributed by atoms with van der Waals surface area (Å²) < 4.78 is 0. The van der Waals surface area contributed by atoms with Crippen molar-refractivity contribution in [2.45, 2.75) is 19.9 Å². The molecule has 3 heteroatoms. The summed E-state index contributed by atoms with van der Waals surface area (Å²) in [5, 5.41) is 3.87. The van der Waals surface area contributed by atoms with Crippen molar-refractivity contribution in [1.82, 2.24) is 11.0 Å². The molecule has 1 rings (SSSR count). The zero-order valence-corrected chi connectivity index (χ0v) is 4.52. The van der Waals surface area contributed by atoms with Crippen molar-refractivity contribution < 1.29 is 0 Å². The van der Waals surface area contributed by atoms with Crippen LogP contribution in [-0.2, 0) is 0 Å². The van der Waals surface area contributed by atoms with Crippen LogP contribution in [0.25, 0.3) is 0 Å². The maximum atomic E-state index is 3.87. The van der Waals surface area contributed by atoms with Gasteiger partial charge in [-0.2, -0.15) is 5.10 Å². The smallest absolute Gasteiger partial charge is 0.0645 e. The fourth-order valence-electron chi connectivity index (χ4n) is 0.419. The van der Waals surface area contributed by atoms with E-state index in [4.69, 9.17) is 0 Å². The first-order chi connectivity index (χ1) is 3.30. The molecule has 0 aromatic carbocycles. The van der Waals surface area contributed by atoms with E-state index >= 15 is 0 Å². The summed E-state index contributed by atoms with van der Waals surface area (Å²) >= 11 is 0. The Kier molecular flexibility index (Phi) is 0.982. The molecule has 1 aliphatic heterocycles. The van der Waals surface area contributed by atoms with Gasteiger partial charge in [-0.3, -0.25) is 0 Å². The predicted octanol–water partition coefficient (Wildman–Crippen LogP) is -0.141. The molecule has 0 saturated carbocycles. The zero-order chi connectivity index (χ0) is 5.28. The van der Waals surface area contributed by atoms with E-state index in [1.807, 2.05) is 6.92 Å². The van der Waals surface area contributed by atoms with Gasteiger partial charge in [-0.1, -0.05) is 0 Å². The van der Waals surface area contributed by atoms with Crippen LogP contribution in [0.4, 0.5) is 0 Å². The molecule has 1 unspecified atom stereocenters. The second kappa shape index (κ2) is 1.50. The summed E-state index contributed by atoms with van der Waals surface area (Å²) in [6.45, 7) is 4.04. The normalized spacial score (nSPS) is 29.4. The second-order valence-electron chi connectivity index (χ2n) is 1.73. The number of hydrazone groups is 1. The van der Waals surface area contributed by atoms with Crippen LogP contribution >= 0.6 is 0 Å². The third kappa shape index (κ3) is 0.718. The monoisotopic (exact) mass is 99.1 g/mol. The Morgan fingerprint density at radius 2 is 2.43 bits per heavy atom. The maximum Gasteiger partial charge on any atom is 0.0645 e. The number of nitrogens with one attached hydrogen (secondary N) is 2. The van der Waals surface area contributed by atoms with Crippen LogP contribution < -0.4 is 11.0 Å². The lowest BCUT2D eigenvalue weighted by Gasteiger charge is -1.97. The zero-order valence-electron chi connectivity index (χ0n) is 4.52. The highest BCUT2D eigenvalue weighted by Crippen LogP contribution is 1.88. The van der Waals surface area contributed by atoms with Crippen molar-refractivity contribution in [3.63, 3.8) is 0 Å². The molecule has 0 aliphatic carbocycles. The largest absolute Gasteiger partial charge is 0.242 e. The van der Waals surface area contributed by atoms with Crippen molar-refractivity contribution in [3.05, 3.63) is 0 Å². The number of rotatable bonds is 0. The summed E-state index contributed by atoms with van der Waals surface area (Å²) in [4.78, 5) is 0. The van der Waals surface area contributed by atoms with Gasteiger partial charge in [-0.05, 0) is 13.8 Å². The molecule has 0 amide bonds. The van der Waals surface area contributed by atoms with Gasteiger partial charge >= 0.3 is 0 Å². The van der Waals surface area contributed by atoms with Gasteiger partial charge in [0, 0.05) is 0 Å². The minimum Gasteiger partial charge on any atom is -0.242 e. The third-order valence-electron chi connectivity index (χ3n) is 1.14. The predicted molar refractivity (Wildman–Crippen MR) is 28.8 cm³/mol. The van der Waals surface area contributed by atoms with E-state index in [0.717, 1.165) is 5.71 Å². The van der Waals surface area contributed by atoms with Gasteiger partial charge in [-0.25, -0.2) is 11.0 Å². The summed E-state index contributed by atoms with van der Waals surface area (Å²) in [6, 6.07) is 0.403. The Hall–Kier alpha value is -0.570. The SMILES string of the molecule is CC1=NNNC1C. The van der Waals surface area contributed by atoms with Gasteiger partial charge in [0.1, 0.15) is 0 Å². The van der Waals surface area contributed by atoms with Gasteiger partial charge in [0.05, 0.1) is 11.8 Å². The number of nitrogens with zero attached hydrogens (tertiary/aromatic N) is 1. The third-order valence-corrected chi connectivity index (χ3v) is 1.14. The first kappa shape index (κ1) is 4.59. The topological polar surface area (TPSA) is 36.4 Å². The number of hydrazine groups is 1. The molecule has 40 valence electrons. The maximum absolute atomic E-state index is 3.87. The molecule has 0 spiro atoms. The molecule has 0 radical (unpaired) electrons. The Bertz CT molecular complexity index is 97.1. The highest BCUT2D eigenvalue weighted by molar-refractivity contribution is 5.87. The van der Waals surface area contributed by atoms with Gasteiger partial charge < -0.3 is 0 Å². The van der Waals surface area contributed by atoms with E-state index in [0.29, 0.717) is 6.04 Å². The molecule has 2 N–H and O–H groups in total. The van der Waals surface area contributed by atoms with Crippen molar-refractivity contribution in [2.24, 2.45) is 5.10 Å². The van der Waals surface area contributed by atoms with E-state index in [9.17, 15) is 0 Å². The van der Waals surface area contributed by atoms with E-state index in [-0.39, 0.29) is 0 Å². The summed E-state index contributed by atoms with van der Waals surface area (Å²) in [5.74, 6) is 0. The van der Waals surface area contributed by atoms with Crippen molar-refractivity contribution >= 4 is 5.71 Å². The molecule has 0 aromatic heterocycles. The van der Waals surface area contributed by atoms with Crippen LogP contribution in [0.15, 0.2) is 5.10 Å². The van der Waals surface area contributed by atoms with E-state index < -0.39 is 0 Å². The minimum absolute atomic E-state index is 0.403. The standard InChI is InChI=1S/C4H9N3/c1-3-4(2)6-7-5-3/h3,5,7H,1-2H3.